The molecule has 6 heteroatoms. The third kappa shape index (κ3) is 1.81. The van der Waals surface area contributed by atoms with E-state index in [4.69, 9.17) is 19.5 Å². The molecule has 0 atom stereocenters. The molecule has 4 nitrogen and oxygen atoms in total. The predicted molar refractivity (Wildman–Crippen MR) is 49.3 cm³/mol. The highest BCUT2D eigenvalue weighted by Crippen LogP contribution is 2.28. The molecule has 0 aliphatic heterocycles. The lowest BCUT2D eigenvalue weighted by Gasteiger charge is -2.10. The van der Waals surface area contributed by atoms with Crippen LogP contribution in [0.1, 0.15) is 0 Å². The van der Waals surface area contributed by atoms with Gasteiger partial charge in [-0.15, -0.1) is 0 Å². The Hall–Kier alpha value is -1.27. The summed E-state index contributed by atoms with van der Waals surface area (Å²) in [5.74, 6) is -0.769. The molecule has 0 aromatic heterocycles. The smallest absolute Gasteiger partial charge is 0.491 e. The maximum absolute atomic E-state index is 13.4. The van der Waals surface area contributed by atoms with Crippen molar-refractivity contribution >= 4 is 12.6 Å². The Morgan fingerprint density at radius 2 is 1.86 bits per heavy atom. The SMILES string of the molecule is COc1ccc(B(O)O)c(F)c1OC. The molecule has 1 aromatic carbocycles. The summed E-state index contributed by atoms with van der Waals surface area (Å²) >= 11 is 0. The first-order chi connectivity index (χ1) is 6.61. The molecule has 1 aromatic rings. The van der Waals surface area contributed by atoms with Gasteiger partial charge in [0, 0.05) is 5.46 Å². The maximum Gasteiger partial charge on any atom is 0.491 e. The van der Waals surface area contributed by atoms with Crippen molar-refractivity contribution in [2.75, 3.05) is 14.2 Å². The average Bonchev–Trinajstić information content (AvgIpc) is 2.16. The lowest BCUT2D eigenvalue weighted by molar-refractivity contribution is 0.337. The molecular weight excluding hydrogens is 190 g/mol. The van der Waals surface area contributed by atoms with Gasteiger partial charge in [0.1, 0.15) is 0 Å². The first-order valence-corrected chi connectivity index (χ1v) is 3.88. The van der Waals surface area contributed by atoms with Gasteiger partial charge >= 0.3 is 7.12 Å². The number of hydrogen-bond acceptors (Lipinski definition) is 4. The van der Waals surface area contributed by atoms with Gasteiger partial charge in [-0.1, -0.05) is 6.07 Å². The fourth-order valence-corrected chi connectivity index (χ4v) is 1.10. The third-order valence-electron chi connectivity index (χ3n) is 1.79. The van der Waals surface area contributed by atoms with Crippen molar-refractivity contribution in [2.45, 2.75) is 0 Å². The van der Waals surface area contributed by atoms with Gasteiger partial charge in [0.15, 0.2) is 17.3 Å². The van der Waals surface area contributed by atoms with Gasteiger partial charge in [-0.2, -0.15) is 0 Å². The van der Waals surface area contributed by atoms with Gasteiger partial charge in [0.05, 0.1) is 14.2 Å². The van der Waals surface area contributed by atoms with E-state index in [0.29, 0.717) is 0 Å². The summed E-state index contributed by atoms with van der Waals surface area (Å²) in [5.41, 5.74) is -0.248. The minimum atomic E-state index is -1.87. The van der Waals surface area contributed by atoms with Gasteiger partial charge < -0.3 is 19.5 Å². The second kappa shape index (κ2) is 4.30. The Balaban J connectivity index is 3.27. The van der Waals surface area contributed by atoms with Crippen LogP contribution in [-0.2, 0) is 0 Å². The Morgan fingerprint density at radius 1 is 1.21 bits per heavy atom. The molecule has 0 saturated carbocycles. The normalized spacial score (nSPS) is 9.79. The molecule has 0 unspecified atom stereocenters. The van der Waals surface area contributed by atoms with E-state index in [1.54, 1.807) is 0 Å². The third-order valence-corrected chi connectivity index (χ3v) is 1.79. The van der Waals surface area contributed by atoms with Crippen LogP contribution in [0.4, 0.5) is 4.39 Å². The summed E-state index contributed by atoms with van der Waals surface area (Å²) in [6.45, 7) is 0. The van der Waals surface area contributed by atoms with E-state index in [9.17, 15) is 4.39 Å². The van der Waals surface area contributed by atoms with E-state index in [0.717, 1.165) is 0 Å². The van der Waals surface area contributed by atoms with Gasteiger partial charge in [-0.25, -0.2) is 4.39 Å². The molecule has 1 rings (SSSR count). The van der Waals surface area contributed by atoms with Crippen molar-refractivity contribution in [1.82, 2.24) is 0 Å². The number of benzene rings is 1. The quantitative estimate of drug-likeness (QED) is 0.647. The fraction of sp³-hybridized carbons (Fsp3) is 0.250. The number of halogens is 1. The van der Waals surface area contributed by atoms with Crippen molar-refractivity contribution in [2.24, 2.45) is 0 Å². The average molecular weight is 200 g/mol. The van der Waals surface area contributed by atoms with Crippen LogP contribution < -0.4 is 14.9 Å². The number of ether oxygens (including phenoxy) is 2. The zero-order chi connectivity index (χ0) is 10.7. The van der Waals surface area contributed by atoms with E-state index in [2.05, 4.69) is 0 Å². The summed E-state index contributed by atoms with van der Waals surface area (Å²) in [4.78, 5) is 0. The van der Waals surface area contributed by atoms with Gasteiger partial charge in [-0.05, 0) is 6.07 Å². The minimum absolute atomic E-state index is 0.141. The van der Waals surface area contributed by atoms with Crippen molar-refractivity contribution < 1.29 is 23.9 Å². The molecule has 0 heterocycles. The zero-order valence-corrected chi connectivity index (χ0v) is 7.82. The fourth-order valence-electron chi connectivity index (χ4n) is 1.10. The van der Waals surface area contributed by atoms with Crippen LogP contribution in [0.3, 0.4) is 0 Å². The summed E-state index contributed by atoms with van der Waals surface area (Å²) in [7, 11) is 0.774. The van der Waals surface area contributed by atoms with Crippen LogP contribution in [0, 0.1) is 5.82 Å². The van der Waals surface area contributed by atoms with Gasteiger partial charge in [0.2, 0.25) is 0 Å². The van der Waals surface area contributed by atoms with Crippen molar-refractivity contribution in [3.63, 3.8) is 0 Å². The Labute approximate surface area is 81.0 Å². The maximum atomic E-state index is 13.4. The highest BCUT2D eigenvalue weighted by atomic mass is 19.1. The van der Waals surface area contributed by atoms with Crippen LogP contribution in [0.15, 0.2) is 12.1 Å². The highest BCUT2D eigenvalue weighted by Gasteiger charge is 2.22. The van der Waals surface area contributed by atoms with Crippen molar-refractivity contribution in [1.29, 1.82) is 0 Å². The number of methoxy groups -OCH3 is 2. The topological polar surface area (TPSA) is 58.9 Å². The predicted octanol–water partition coefficient (Wildman–Crippen LogP) is -0.477. The molecule has 0 amide bonds. The number of rotatable bonds is 3. The molecule has 0 radical (unpaired) electrons. The standard InChI is InChI=1S/C8H10BFO4/c1-13-6-4-3-5(9(11)12)7(10)8(6)14-2/h3-4,11-12H,1-2H3. The van der Waals surface area contributed by atoms with E-state index in [1.807, 2.05) is 0 Å². The molecule has 0 spiro atoms. The summed E-state index contributed by atoms with van der Waals surface area (Å²) in [6, 6.07) is 2.62. The summed E-state index contributed by atoms with van der Waals surface area (Å²) < 4.78 is 23.0. The molecular formula is C8H10BFO4. The molecule has 76 valence electrons. The molecule has 0 saturated heterocycles. The summed E-state index contributed by atoms with van der Waals surface area (Å²) in [6.07, 6.45) is 0. The largest absolute Gasteiger partial charge is 0.493 e. The summed E-state index contributed by atoms with van der Waals surface area (Å²) in [5, 5.41) is 17.6. The lowest BCUT2D eigenvalue weighted by atomic mass is 9.79. The Kier molecular flexibility index (Phi) is 3.32. The minimum Gasteiger partial charge on any atom is -0.493 e. The van der Waals surface area contributed by atoms with E-state index in [-0.39, 0.29) is 17.0 Å². The van der Waals surface area contributed by atoms with Crippen LogP contribution in [0.2, 0.25) is 0 Å². The van der Waals surface area contributed by atoms with Crippen LogP contribution in [0.5, 0.6) is 11.5 Å². The monoisotopic (exact) mass is 200 g/mol. The van der Waals surface area contributed by atoms with E-state index >= 15 is 0 Å². The Bertz CT molecular complexity index is 329. The van der Waals surface area contributed by atoms with Gasteiger partial charge in [0.25, 0.3) is 0 Å². The zero-order valence-electron chi connectivity index (χ0n) is 7.82. The number of hydrogen-bond donors (Lipinski definition) is 2. The molecule has 0 aliphatic carbocycles. The second-order valence-corrected chi connectivity index (χ2v) is 2.58. The molecule has 14 heavy (non-hydrogen) atoms. The van der Waals surface area contributed by atoms with Crippen molar-refractivity contribution in [3.8, 4) is 11.5 Å². The first kappa shape index (κ1) is 10.8. The second-order valence-electron chi connectivity index (χ2n) is 2.58. The first-order valence-electron chi connectivity index (χ1n) is 3.88. The van der Waals surface area contributed by atoms with Crippen LogP contribution >= 0.6 is 0 Å². The van der Waals surface area contributed by atoms with E-state index in [1.165, 1.54) is 26.4 Å². The van der Waals surface area contributed by atoms with Crippen LogP contribution in [-0.4, -0.2) is 31.4 Å². The highest BCUT2D eigenvalue weighted by molar-refractivity contribution is 6.58. The lowest BCUT2D eigenvalue weighted by Crippen LogP contribution is -2.33. The van der Waals surface area contributed by atoms with Gasteiger partial charge in [-0.3, -0.25) is 0 Å². The van der Waals surface area contributed by atoms with Crippen molar-refractivity contribution in [3.05, 3.63) is 17.9 Å². The van der Waals surface area contributed by atoms with E-state index < -0.39 is 12.9 Å². The van der Waals surface area contributed by atoms with Crippen LogP contribution in [0.25, 0.3) is 0 Å². The molecule has 0 fully saturated rings. The molecule has 2 N–H and O–H groups in total. The molecule has 0 bridgehead atoms. The Morgan fingerprint density at radius 3 is 2.29 bits per heavy atom. The molecule has 0 aliphatic rings.